The molecule has 2 heteroatoms. The van der Waals surface area contributed by atoms with Gasteiger partial charge >= 0.3 is 0 Å². The van der Waals surface area contributed by atoms with Gasteiger partial charge in [0, 0.05) is 12.5 Å². The van der Waals surface area contributed by atoms with Gasteiger partial charge in [0.15, 0.2) is 0 Å². The Kier molecular flexibility index (Phi) is 4.30. The van der Waals surface area contributed by atoms with E-state index >= 15 is 0 Å². The van der Waals surface area contributed by atoms with E-state index in [9.17, 15) is 0 Å². The maximum absolute atomic E-state index is 5.58. The third kappa shape index (κ3) is 2.85. The summed E-state index contributed by atoms with van der Waals surface area (Å²) in [4.78, 5) is 0. The molecule has 1 aromatic rings. The van der Waals surface area contributed by atoms with Crippen molar-refractivity contribution in [1.29, 1.82) is 0 Å². The zero-order chi connectivity index (χ0) is 13.9. The fraction of sp³-hybridized carbons (Fsp3) is 0.667. The van der Waals surface area contributed by atoms with Gasteiger partial charge in [-0.05, 0) is 61.3 Å². The molecule has 0 spiro atoms. The molecule has 110 valence electrons. The minimum atomic E-state index is 0.749. The van der Waals surface area contributed by atoms with E-state index in [0.717, 1.165) is 43.2 Å². The molecule has 1 saturated carbocycles. The average Bonchev–Trinajstić information content (AvgIpc) is 3.05. The molecule has 1 aliphatic carbocycles. The van der Waals surface area contributed by atoms with Crippen LogP contribution in [0.5, 0.6) is 5.75 Å². The maximum Gasteiger partial charge on any atom is 0.122 e. The molecule has 3 unspecified atom stereocenters. The number of benzene rings is 1. The van der Waals surface area contributed by atoms with Crippen LogP contribution < -0.4 is 10.1 Å². The second-order valence-corrected chi connectivity index (χ2v) is 6.44. The Bertz CT molecular complexity index is 457. The fourth-order valence-corrected chi connectivity index (χ4v) is 3.95. The summed E-state index contributed by atoms with van der Waals surface area (Å²) >= 11 is 0. The molecule has 2 nitrogen and oxygen atoms in total. The van der Waals surface area contributed by atoms with Crippen molar-refractivity contribution in [1.82, 2.24) is 5.32 Å². The van der Waals surface area contributed by atoms with Crippen LogP contribution >= 0.6 is 0 Å². The number of rotatable bonds is 5. The van der Waals surface area contributed by atoms with Gasteiger partial charge in [-0.3, -0.25) is 0 Å². The van der Waals surface area contributed by atoms with E-state index in [2.05, 4.69) is 37.4 Å². The van der Waals surface area contributed by atoms with Crippen molar-refractivity contribution in [2.24, 2.45) is 11.8 Å². The second-order valence-electron chi connectivity index (χ2n) is 6.44. The van der Waals surface area contributed by atoms with Crippen LogP contribution in [0.1, 0.15) is 44.2 Å². The van der Waals surface area contributed by atoms with Crippen LogP contribution in [-0.2, 0) is 12.8 Å². The molecule has 1 heterocycles. The molecule has 20 heavy (non-hydrogen) atoms. The molecule has 2 aliphatic rings. The number of fused-ring (bicyclic) bond motifs is 1. The van der Waals surface area contributed by atoms with Gasteiger partial charge in [0.05, 0.1) is 6.61 Å². The Morgan fingerprint density at radius 3 is 3.05 bits per heavy atom. The highest BCUT2D eigenvalue weighted by Crippen LogP contribution is 2.35. The first-order chi connectivity index (χ1) is 9.78. The molecule has 0 aromatic heterocycles. The summed E-state index contributed by atoms with van der Waals surface area (Å²) in [7, 11) is 0. The van der Waals surface area contributed by atoms with E-state index in [4.69, 9.17) is 4.74 Å². The van der Waals surface area contributed by atoms with Gasteiger partial charge in [-0.1, -0.05) is 26.0 Å². The largest absolute Gasteiger partial charge is 0.493 e. The molecule has 1 fully saturated rings. The van der Waals surface area contributed by atoms with Gasteiger partial charge in [-0.2, -0.15) is 0 Å². The van der Waals surface area contributed by atoms with Gasteiger partial charge in [-0.25, -0.2) is 0 Å². The number of ether oxygens (including phenoxy) is 1. The molecule has 1 aromatic carbocycles. The molecule has 1 aliphatic heterocycles. The molecular formula is C18H27NO. The van der Waals surface area contributed by atoms with Crippen LogP contribution in [-0.4, -0.2) is 19.2 Å². The van der Waals surface area contributed by atoms with Crippen LogP contribution in [0.25, 0.3) is 0 Å². The third-order valence-electron chi connectivity index (χ3n) is 5.25. The Labute approximate surface area is 122 Å². The summed E-state index contributed by atoms with van der Waals surface area (Å²) in [5.41, 5.74) is 2.90. The standard InChI is InChI=1S/C18H27NO/c1-3-19-17-8-7-15(13(17)2)6-4-14-5-9-18-16(12-14)10-11-20-18/h5,9,12-13,15,17,19H,3-4,6-8,10-11H2,1-2H3. The van der Waals surface area contributed by atoms with E-state index in [1.807, 2.05) is 0 Å². The zero-order valence-corrected chi connectivity index (χ0v) is 12.8. The third-order valence-corrected chi connectivity index (χ3v) is 5.25. The lowest BCUT2D eigenvalue weighted by Crippen LogP contribution is -2.32. The monoisotopic (exact) mass is 273 g/mol. The minimum absolute atomic E-state index is 0.749. The van der Waals surface area contributed by atoms with Crippen LogP contribution in [0.3, 0.4) is 0 Å². The molecule has 3 rings (SSSR count). The predicted molar refractivity (Wildman–Crippen MR) is 83.3 cm³/mol. The van der Waals surface area contributed by atoms with Gasteiger partial charge in [-0.15, -0.1) is 0 Å². The van der Waals surface area contributed by atoms with Gasteiger partial charge in [0.25, 0.3) is 0 Å². The van der Waals surface area contributed by atoms with Gasteiger partial charge in [0.1, 0.15) is 5.75 Å². The first-order valence-corrected chi connectivity index (χ1v) is 8.26. The maximum atomic E-state index is 5.58. The molecular weight excluding hydrogens is 246 g/mol. The van der Waals surface area contributed by atoms with Gasteiger partial charge in [0.2, 0.25) is 0 Å². The Morgan fingerprint density at radius 1 is 1.30 bits per heavy atom. The van der Waals surface area contributed by atoms with Crippen molar-refractivity contribution in [2.45, 2.75) is 52.0 Å². The highest BCUT2D eigenvalue weighted by Gasteiger charge is 2.31. The summed E-state index contributed by atoms with van der Waals surface area (Å²) < 4.78 is 5.58. The number of hydrogen-bond acceptors (Lipinski definition) is 2. The van der Waals surface area contributed by atoms with Crippen molar-refractivity contribution < 1.29 is 4.74 Å². The summed E-state index contributed by atoms with van der Waals surface area (Å²) in [5, 5.41) is 3.64. The molecule has 0 amide bonds. The topological polar surface area (TPSA) is 21.3 Å². The smallest absolute Gasteiger partial charge is 0.122 e. The van der Waals surface area contributed by atoms with E-state index in [0.29, 0.717) is 0 Å². The lowest BCUT2D eigenvalue weighted by atomic mass is 9.89. The van der Waals surface area contributed by atoms with E-state index < -0.39 is 0 Å². The summed E-state index contributed by atoms with van der Waals surface area (Å²) in [6.45, 7) is 6.61. The van der Waals surface area contributed by atoms with E-state index in [1.165, 1.54) is 36.8 Å². The normalized spacial score (nSPS) is 28.4. The Balaban J connectivity index is 1.55. The highest BCUT2D eigenvalue weighted by molar-refractivity contribution is 5.39. The number of nitrogens with one attached hydrogen (secondary N) is 1. The molecule has 1 N–H and O–H groups in total. The fourth-order valence-electron chi connectivity index (χ4n) is 3.95. The van der Waals surface area contributed by atoms with Crippen molar-refractivity contribution in [3.63, 3.8) is 0 Å². The van der Waals surface area contributed by atoms with Crippen molar-refractivity contribution in [3.05, 3.63) is 29.3 Å². The summed E-state index contributed by atoms with van der Waals surface area (Å²) in [6.07, 6.45) is 6.40. The van der Waals surface area contributed by atoms with E-state index in [1.54, 1.807) is 0 Å². The Morgan fingerprint density at radius 2 is 2.20 bits per heavy atom. The quantitative estimate of drug-likeness (QED) is 0.885. The minimum Gasteiger partial charge on any atom is -0.493 e. The lowest BCUT2D eigenvalue weighted by molar-refractivity contribution is 0.340. The van der Waals surface area contributed by atoms with Crippen molar-refractivity contribution in [3.8, 4) is 5.75 Å². The second kappa shape index (κ2) is 6.17. The predicted octanol–water partition coefficient (Wildman–Crippen LogP) is 3.58. The average molecular weight is 273 g/mol. The molecule has 0 saturated heterocycles. The number of hydrogen-bond donors (Lipinski definition) is 1. The zero-order valence-electron chi connectivity index (χ0n) is 12.8. The molecule has 3 atom stereocenters. The van der Waals surface area contributed by atoms with Crippen LogP contribution in [0.4, 0.5) is 0 Å². The van der Waals surface area contributed by atoms with Crippen LogP contribution in [0, 0.1) is 11.8 Å². The van der Waals surface area contributed by atoms with Crippen molar-refractivity contribution in [2.75, 3.05) is 13.2 Å². The lowest BCUT2D eigenvalue weighted by Gasteiger charge is -2.21. The molecule has 0 radical (unpaired) electrons. The highest BCUT2D eigenvalue weighted by atomic mass is 16.5. The van der Waals surface area contributed by atoms with E-state index in [-0.39, 0.29) is 0 Å². The van der Waals surface area contributed by atoms with Gasteiger partial charge < -0.3 is 10.1 Å². The molecule has 0 bridgehead atoms. The summed E-state index contributed by atoms with van der Waals surface area (Å²) in [6, 6.07) is 7.53. The first kappa shape index (κ1) is 13.9. The Hall–Kier alpha value is -1.02. The number of aryl methyl sites for hydroxylation is 1. The van der Waals surface area contributed by atoms with Crippen LogP contribution in [0.2, 0.25) is 0 Å². The summed E-state index contributed by atoms with van der Waals surface area (Å²) in [5.74, 6) is 2.83. The van der Waals surface area contributed by atoms with Crippen LogP contribution in [0.15, 0.2) is 18.2 Å². The SMILES string of the molecule is CCNC1CCC(CCc2ccc3c(c2)CCO3)C1C. The first-order valence-electron chi connectivity index (χ1n) is 8.26. The van der Waals surface area contributed by atoms with Crippen molar-refractivity contribution >= 4 is 0 Å².